The Morgan fingerprint density at radius 2 is 1.57 bits per heavy atom. The average Bonchev–Trinajstić information content (AvgIpc) is 2.16. The van der Waals surface area contributed by atoms with Gasteiger partial charge in [-0.1, -0.05) is 33.1 Å². The minimum atomic E-state index is 0.515. The first-order chi connectivity index (χ1) is 6.70. The molecule has 0 aromatic carbocycles. The standard InChI is InChI=1S/C12H22O2/c1-11(5-3-4-9-13)6-7-12(2)8-10-14/h9-12H,3-8H2,1-2H3. The average molecular weight is 198 g/mol. The Morgan fingerprint density at radius 1 is 0.929 bits per heavy atom. The lowest BCUT2D eigenvalue weighted by molar-refractivity contribution is -0.109. The highest BCUT2D eigenvalue weighted by atomic mass is 16.1. The lowest BCUT2D eigenvalue weighted by atomic mass is 9.93. The third-order valence-electron chi connectivity index (χ3n) is 2.67. The Hall–Kier alpha value is -0.660. The van der Waals surface area contributed by atoms with E-state index in [0.717, 1.165) is 31.8 Å². The molecule has 0 heterocycles. The fourth-order valence-electron chi connectivity index (χ4n) is 1.55. The molecular weight excluding hydrogens is 176 g/mol. The number of carbonyl (C=O) groups is 2. The lowest BCUT2D eigenvalue weighted by Gasteiger charge is -2.13. The maximum Gasteiger partial charge on any atom is 0.120 e. The molecule has 2 unspecified atom stereocenters. The van der Waals surface area contributed by atoms with Gasteiger partial charge < -0.3 is 9.59 Å². The Balaban J connectivity index is 3.37. The molecule has 0 saturated heterocycles. The molecule has 0 rings (SSSR count). The molecule has 0 spiro atoms. The summed E-state index contributed by atoms with van der Waals surface area (Å²) in [6.07, 6.45) is 7.80. The van der Waals surface area contributed by atoms with Crippen LogP contribution >= 0.6 is 0 Å². The molecule has 0 fully saturated rings. The monoisotopic (exact) mass is 198 g/mol. The maximum atomic E-state index is 10.2. The molecule has 2 heteroatoms. The van der Waals surface area contributed by atoms with Gasteiger partial charge in [0.2, 0.25) is 0 Å². The fourth-order valence-corrected chi connectivity index (χ4v) is 1.55. The fraction of sp³-hybridized carbons (Fsp3) is 0.833. The molecule has 0 saturated carbocycles. The number of hydrogen-bond donors (Lipinski definition) is 0. The lowest BCUT2D eigenvalue weighted by Crippen LogP contribution is -2.01. The van der Waals surface area contributed by atoms with E-state index in [1.807, 2.05) is 0 Å². The number of carbonyl (C=O) groups excluding carboxylic acids is 2. The van der Waals surface area contributed by atoms with Crippen LogP contribution in [0.4, 0.5) is 0 Å². The number of aldehydes is 2. The van der Waals surface area contributed by atoms with E-state index >= 15 is 0 Å². The molecule has 2 nitrogen and oxygen atoms in total. The molecule has 2 atom stereocenters. The van der Waals surface area contributed by atoms with Crippen LogP contribution in [0, 0.1) is 11.8 Å². The molecular formula is C12H22O2. The highest BCUT2D eigenvalue weighted by molar-refractivity contribution is 5.49. The molecule has 0 aromatic heterocycles. The highest BCUT2D eigenvalue weighted by Crippen LogP contribution is 2.18. The zero-order valence-corrected chi connectivity index (χ0v) is 9.37. The molecule has 0 aliphatic heterocycles. The summed E-state index contributed by atoms with van der Waals surface area (Å²) in [5.41, 5.74) is 0. The van der Waals surface area contributed by atoms with Crippen molar-refractivity contribution in [2.45, 2.75) is 52.4 Å². The molecule has 0 N–H and O–H groups in total. The van der Waals surface area contributed by atoms with Gasteiger partial charge >= 0.3 is 0 Å². The zero-order valence-electron chi connectivity index (χ0n) is 9.37. The zero-order chi connectivity index (χ0) is 10.8. The minimum Gasteiger partial charge on any atom is -0.303 e. The second-order valence-corrected chi connectivity index (χ2v) is 4.29. The summed E-state index contributed by atoms with van der Waals surface area (Å²) in [5, 5.41) is 0. The van der Waals surface area contributed by atoms with Crippen LogP contribution in [0.25, 0.3) is 0 Å². The van der Waals surface area contributed by atoms with Crippen LogP contribution in [0.3, 0.4) is 0 Å². The summed E-state index contributed by atoms with van der Waals surface area (Å²) in [7, 11) is 0. The first kappa shape index (κ1) is 13.3. The van der Waals surface area contributed by atoms with E-state index in [1.165, 1.54) is 6.42 Å². The SMILES string of the molecule is CC(CC=O)CCC(C)CCCC=O. The van der Waals surface area contributed by atoms with Gasteiger partial charge in [-0.15, -0.1) is 0 Å². The van der Waals surface area contributed by atoms with Crippen LogP contribution in [0.15, 0.2) is 0 Å². The summed E-state index contributed by atoms with van der Waals surface area (Å²) in [5.74, 6) is 1.20. The Morgan fingerprint density at radius 3 is 2.14 bits per heavy atom. The third-order valence-corrected chi connectivity index (χ3v) is 2.67. The number of hydrogen-bond acceptors (Lipinski definition) is 2. The third kappa shape index (κ3) is 7.96. The van der Waals surface area contributed by atoms with Crippen molar-refractivity contribution in [1.29, 1.82) is 0 Å². The predicted molar refractivity (Wildman–Crippen MR) is 58.2 cm³/mol. The Labute approximate surface area is 87.1 Å². The Bertz CT molecular complexity index is 154. The van der Waals surface area contributed by atoms with Crippen molar-refractivity contribution < 1.29 is 9.59 Å². The molecule has 0 amide bonds. The number of rotatable bonds is 9. The molecule has 0 aliphatic carbocycles. The van der Waals surface area contributed by atoms with Crippen molar-refractivity contribution in [3.8, 4) is 0 Å². The van der Waals surface area contributed by atoms with Crippen LogP contribution in [-0.2, 0) is 9.59 Å². The van der Waals surface area contributed by atoms with Crippen molar-refractivity contribution >= 4 is 12.6 Å². The second-order valence-electron chi connectivity index (χ2n) is 4.29. The van der Waals surface area contributed by atoms with E-state index < -0.39 is 0 Å². The van der Waals surface area contributed by atoms with E-state index in [9.17, 15) is 9.59 Å². The van der Waals surface area contributed by atoms with Gasteiger partial charge in [-0.3, -0.25) is 0 Å². The van der Waals surface area contributed by atoms with Gasteiger partial charge in [-0.2, -0.15) is 0 Å². The normalized spacial score (nSPS) is 14.7. The smallest absolute Gasteiger partial charge is 0.120 e. The van der Waals surface area contributed by atoms with Crippen molar-refractivity contribution in [3.63, 3.8) is 0 Å². The minimum absolute atomic E-state index is 0.515. The molecule has 0 aliphatic rings. The van der Waals surface area contributed by atoms with Crippen LogP contribution in [0.5, 0.6) is 0 Å². The maximum absolute atomic E-state index is 10.2. The second kappa shape index (κ2) is 8.92. The van der Waals surface area contributed by atoms with Crippen molar-refractivity contribution in [2.24, 2.45) is 11.8 Å². The van der Waals surface area contributed by atoms with Gasteiger partial charge in [0.05, 0.1) is 0 Å². The van der Waals surface area contributed by atoms with Crippen molar-refractivity contribution in [1.82, 2.24) is 0 Å². The largest absolute Gasteiger partial charge is 0.303 e. The van der Waals surface area contributed by atoms with E-state index in [1.54, 1.807) is 0 Å². The van der Waals surface area contributed by atoms with E-state index in [0.29, 0.717) is 24.7 Å². The van der Waals surface area contributed by atoms with Gasteiger partial charge in [0, 0.05) is 12.8 Å². The predicted octanol–water partition coefficient (Wildman–Crippen LogP) is 3.00. The van der Waals surface area contributed by atoms with Crippen molar-refractivity contribution in [2.75, 3.05) is 0 Å². The van der Waals surface area contributed by atoms with Crippen molar-refractivity contribution in [3.05, 3.63) is 0 Å². The summed E-state index contributed by atoms with van der Waals surface area (Å²) >= 11 is 0. The molecule has 0 bridgehead atoms. The first-order valence-corrected chi connectivity index (χ1v) is 5.58. The highest BCUT2D eigenvalue weighted by Gasteiger charge is 2.06. The van der Waals surface area contributed by atoms with Gasteiger partial charge in [-0.25, -0.2) is 0 Å². The van der Waals surface area contributed by atoms with E-state index in [2.05, 4.69) is 13.8 Å². The van der Waals surface area contributed by atoms with Crippen LogP contribution in [0.1, 0.15) is 52.4 Å². The van der Waals surface area contributed by atoms with E-state index in [4.69, 9.17) is 0 Å². The number of unbranched alkanes of at least 4 members (excludes halogenated alkanes) is 1. The Kier molecular flexibility index (Phi) is 8.50. The summed E-state index contributed by atoms with van der Waals surface area (Å²) in [6.45, 7) is 4.34. The summed E-state index contributed by atoms with van der Waals surface area (Å²) < 4.78 is 0. The first-order valence-electron chi connectivity index (χ1n) is 5.58. The molecule has 82 valence electrons. The summed E-state index contributed by atoms with van der Waals surface area (Å²) in [6, 6.07) is 0. The van der Waals surface area contributed by atoms with Crippen LogP contribution in [0.2, 0.25) is 0 Å². The van der Waals surface area contributed by atoms with Crippen LogP contribution in [-0.4, -0.2) is 12.6 Å². The van der Waals surface area contributed by atoms with Gasteiger partial charge in [0.25, 0.3) is 0 Å². The quantitative estimate of drug-likeness (QED) is 0.421. The van der Waals surface area contributed by atoms with Crippen LogP contribution < -0.4 is 0 Å². The molecule has 14 heavy (non-hydrogen) atoms. The van der Waals surface area contributed by atoms with Gasteiger partial charge in [0.1, 0.15) is 12.6 Å². The molecule has 0 aromatic rings. The van der Waals surface area contributed by atoms with E-state index in [-0.39, 0.29) is 0 Å². The van der Waals surface area contributed by atoms with Gasteiger partial charge in [-0.05, 0) is 18.3 Å². The topological polar surface area (TPSA) is 34.1 Å². The molecule has 0 radical (unpaired) electrons. The van der Waals surface area contributed by atoms with Gasteiger partial charge in [0.15, 0.2) is 0 Å². The summed E-state index contributed by atoms with van der Waals surface area (Å²) in [4.78, 5) is 20.3.